The lowest BCUT2D eigenvalue weighted by Crippen LogP contribution is -2.41. The molecule has 0 amide bonds. The molecule has 0 spiro atoms. The highest BCUT2D eigenvalue weighted by Gasteiger charge is 2.56. The Labute approximate surface area is 593 Å². The molecule has 9 rings (SSSR count). The summed E-state index contributed by atoms with van der Waals surface area (Å²) in [7, 11) is 0.279. The van der Waals surface area contributed by atoms with Crippen molar-refractivity contribution in [3.05, 3.63) is 89.7 Å². The van der Waals surface area contributed by atoms with Crippen LogP contribution in [-0.2, 0) is 97.7 Å². The van der Waals surface area contributed by atoms with Crippen molar-refractivity contribution >= 4 is 74.5 Å². The van der Waals surface area contributed by atoms with E-state index < -0.39 is 162 Å². The minimum atomic E-state index is -5.36. The van der Waals surface area contributed by atoms with E-state index >= 15 is 4.57 Å². The van der Waals surface area contributed by atoms with E-state index in [2.05, 4.69) is 54.4 Å². The highest BCUT2D eigenvalue weighted by atomic mass is 32.7. The fraction of sp³-hybridized carbons (Fsp3) is 0.702. The van der Waals surface area contributed by atoms with Crippen molar-refractivity contribution in [1.82, 2.24) is 48.2 Å². The van der Waals surface area contributed by atoms with Crippen LogP contribution in [0.3, 0.4) is 0 Å². The van der Waals surface area contributed by atoms with Crippen LogP contribution in [0.25, 0.3) is 11.2 Å². The Morgan fingerprint density at radius 1 is 0.529 bits per heavy atom. The molecule has 5 aromatic heterocycles. The Bertz CT molecular complexity index is 4010. The number of nitrogen functional groups attached to an aromatic ring is 3. The summed E-state index contributed by atoms with van der Waals surface area (Å²) in [6.07, 6.45) is -13.2. The summed E-state index contributed by atoms with van der Waals surface area (Å²) >= 11 is 8.71. The molecule has 7 unspecified atom stereocenters. The minimum absolute atomic E-state index is 0.0303. The maximum absolute atomic E-state index is 15.2. The molecule has 0 aliphatic carbocycles. The first-order valence-electron chi connectivity index (χ1n) is 32.3. The van der Waals surface area contributed by atoms with Crippen molar-refractivity contribution in [3.8, 4) is 0 Å². The van der Waals surface area contributed by atoms with Gasteiger partial charge in [-0.2, -0.15) is 9.97 Å². The van der Waals surface area contributed by atoms with E-state index in [0.29, 0.717) is 24.0 Å². The van der Waals surface area contributed by atoms with E-state index in [1.807, 2.05) is 6.92 Å². The average molecular weight is 1540 g/mol. The zero-order valence-electron chi connectivity index (χ0n) is 57.0. The Morgan fingerprint density at radius 3 is 1.49 bits per heavy atom. The second-order valence-electron chi connectivity index (χ2n) is 24.0. The van der Waals surface area contributed by atoms with Crippen LogP contribution in [0.15, 0.2) is 50.4 Å². The molecule has 9 heterocycles. The number of nitrogens with two attached hydrogens (primary N) is 3. The summed E-state index contributed by atoms with van der Waals surface area (Å²) in [4.78, 5) is 88.2. The molecular weight excluding hydrogens is 1460 g/mol. The smallest absolute Gasteiger partial charge is 0.387 e. The van der Waals surface area contributed by atoms with Crippen molar-refractivity contribution in [2.24, 2.45) is 0 Å². The normalized spacial score (nSPS) is 28.5. The van der Waals surface area contributed by atoms with Gasteiger partial charge in [0.1, 0.15) is 90.6 Å². The van der Waals surface area contributed by atoms with Crippen LogP contribution in [0.5, 0.6) is 0 Å². The van der Waals surface area contributed by atoms with E-state index in [-0.39, 0.29) is 87.0 Å². The second kappa shape index (κ2) is 36.5. The number of aromatic amines is 1. The molecule has 0 saturated carbocycles. The van der Waals surface area contributed by atoms with Gasteiger partial charge in [0.2, 0.25) is 0 Å². The fourth-order valence-electron chi connectivity index (χ4n) is 11.7. The van der Waals surface area contributed by atoms with E-state index in [0.717, 1.165) is 39.2 Å². The van der Waals surface area contributed by atoms with Crippen LogP contribution in [0, 0.1) is 20.8 Å². The molecule has 9 N–H and O–H groups in total. The monoisotopic (exact) mass is 1540 g/mol. The molecule has 4 saturated heterocycles. The van der Waals surface area contributed by atoms with E-state index in [1.165, 1.54) is 60.4 Å². The Hall–Kier alpha value is -5.02. The summed E-state index contributed by atoms with van der Waals surface area (Å²) in [5, 5.41) is 11.7. The first-order valence-corrected chi connectivity index (χ1v) is 39.2. The Balaban J connectivity index is 1.01. The largest absolute Gasteiger partial charge is 0.472 e. The molecule has 4 aliphatic rings. The number of fused-ring (bicyclic) bond motifs is 1. The number of imidazole rings is 1. The highest BCUT2D eigenvalue weighted by molar-refractivity contribution is 8.44. The van der Waals surface area contributed by atoms with Crippen LogP contribution >= 0.6 is 45.9 Å². The lowest BCUT2D eigenvalue weighted by molar-refractivity contribution is -0.0839. The van der Waals surface area contributed by atoms with Crippen molar-refractivity contribution < 1.29 is 108 Å². The summed E-state index contributed by atoms with van der Waals surface area (Å²) in [6, 6.07) is 0. The van der Waals surface area contributed by atoms with Crippen LogP contribution in [-0.4, -0.2) is 233 Å². The third-order valence-electron chi connectivity index (χ3n) is 16.9. The molecule has 45 heteroatoms. The number of unbranched alkanes of at least 4 members (excludes halogenated alkanes) is 3. The molecule has 0 aromatic carbocycles. The van der Waals surface area contributed by atoms with Gasteiger partial charge in [-0.05, 0) is 27.2 Å². The van der Waals surface area contributed by atoms with Gasteiger partial charge in [0.05, 0.1) is 85.1 Å². The minimum Gasteiger partial charge on any atom is -0.387 e. The Morgan fingerprint density at radius 2 is 0.971 bits per heavy atom. The number of methoxy groups -OCH3 is 4. The molecule has 5 aromatic rings. The zero-order chi connectivity index (χ0) is 73.8. The molecular formula is C57H88N13O27P3S2. The third-order valence-corrected chi connectivity index (χ3v) is 21.1. The lowest BCUT2D eigenvalue weighted by Gasteiger charge is -2.29. The number of rotatable bonds is 40. The summed E-state index contributed by atoms with van der Waals surface area (Å²) in [6.45, 7) is -6.45. The molecule has 570 valence electrons. The molecule has 0 bridgehead atoms. The van der Waals surface area contributed by atoms with Gasteiger partial charge in [-0.3, -0.25) is 55.2 Å². The van der Waals surface area contributed by atoms with Gasteiger partial charge in [0.15, 0.2) is 36.4 Å². The number of ether oxygens (including phenoxy) is 12. The van der Waals surface area contributed by atoms with Gasteiger partial charge in [-0.15, -0.1) is 0 Å². The maximum Gasteiger partial charge on any atom is 0.472 e. The van der Waals surface area contributed by atoms with Crippen LogP contribution in [0.1, 0.15) is 80.6 Å². The quantitative estimate of drug-likeness (QED) is 0.0158. The fourth-order valence-corrected chi connectivity index (χ4v) is 15.7. The van der Waals surface area contributed by atoms with Gasteiger partial charge in [-0.25, -0.2) is 43.0 Å². The first kappa shape index (κ1) is 81.1. The molecule has 4 fully saturated rings. The van der Waals surface area contributed by atoms with Gasteiger partial charge in [0.25, 0.3) is 5.56 Å². The van der Waals surface area contributed by atoms with Crippen molar-refractivity contribution in [2.75, 3.05) is 118 Å². The predicted octanol–water partition coefficient (Wildman–Crippen LogP) is 1.99. The lowest BCUT2D eigenvalue weighted by atomic mass is 10.0. The number of anilines is 3. The SMILES string of the molecule is CCCCCC[C@H]1O[C@@H](n2cnc3c(N)ncnc32)[C@@H](OCCOC)C1OP(=O)(O)OC[C@H]1O[C@@H](n2cc(C)c(N)nc2=O)[C@@H](OCCOC)C1OP(=O)(S)OC[C@H]1O[C@@H](n2cc(C)c(=O)[nH]c2=O)[C@@H](OCCOC)C1OP(=O)(S)OC[C@H]1O[C@@H](n2cc(C)c(N)nc2=O)[C@@H](OCCOC)C1O. The molecule has 0 radical (unpaired) electrons. The third kappa shape index (κ3) is 20.0. The standard InChI is InChI=1S/C57H88N13O27P3S2/c1-9-10-11-12-13-33-39(43(85-19-15-81-6)54(91-33)70-29-63-37-48(60)61-28-62-49(37)70)95-98(76,77)88-26-35-40(44(86-20-16-82-7)52(93-35)68-23-31(3)47(59)65-56(68)74)96-100(79,102)90-27-36-41(45(87-21-17-83-8)53(94-36)69-24-32(4)50(72)66-57(69)75)97-99(78,101)89-25-34-38(71)42(84-18-14-80-5)51(92-34)67-22-30(2)46(58)64-55(67)73/h22-24,28-29,33-36,38-45,51-54,71H,9-21,25-27H2,1-8H3,(H,76,77)(H,78,101)(H,79,102)(H2,58,64,73)(H2,59,65,74)(H2,60,61,62)(H,66,72,75)/t33-,34-,35-,36-,38?,39?,40?,41?,42+,43+,44+,45+,51-,52-,53-,54-,99?,100?/m1/s1. The number of phosphoric ester groups is 1. The number of hydrogen-bond donors (Lipinski definition) is 8. The van der Waals surface area contributed by atoms with Gasteiger partial charge >= 0.3 is 38.5 Å². The van der Waals surface area contributed by atoms with E-state index in [9.17, 15) is 38.3 Å². The van der Waals surface area contributed by atoms with Crippen molar-refractivity contribution in [3.63, 3.8) is 0 Å². The Kier molecular flexibility index (Phi) is 29.0. The number of hydrogen-bond acceptors (Lipinski definition) is 34. The molecule has 19 atom stereocenters. The van der Waals surface area contributed by atoms with Crippen LogP contribution in [0.4, 0.5) is 17.5 Å². The second-order valence-corrected chi connectivity index (χ2v) is 31.1. The number of nitrogens with one attached hydrogen (secondary N) is 1. The number of aryl methyl sites for hydroxylation is 3. The number of aliphatic hydroxyl groups is 1. The molecule has 40 nitrogen and oxygen atoms in total. The van der Waals surface area contributed by atoms with Gasteiger partial charge in [-0.1, -0.05) is 57.1 Å². The first-order chi connectivity index (χ1) is 48.6. The predicted molar refractivity (Wildman–Crippen MR) is 363 cm³/mol. The summed E-state index contributed by atoms with van der Waals surface area (Å²) in [5.74, 6) is -0.0977. The number of aromatic nitrogens is 10. The number of thiol groups is 2. The maximum atomic E-state index is 15.2. The number of phosphoric acid groups is 1. The van der Waals surface area contributed by atoms with Gasteiger partial charge < -0.3 is 84.0 Å². The zero-order valence-corrected chi connectivity index (χ0v) is 61.5. The molecule has 102 heavy (non-hydrogen) atoms. The van der Waals surface area contributed by atoms with Crippen LogP contribution < -0.4 is 39.8 Å². The van der Waals surface area contributed by atoms with Crippen LogP contribution in [0.2, 0.25) is 0 Å². The number of nitrogens with zero attached hydrogens (tertiary/aromatic N) is 9. The number of aliphatic hydroxyl groups excluding tert-OH is 1. The molecule has 4 aliphatic heterocycles. The topological polar surface area (TPSA) is 504 Å². The highest BCUT2D eigenvalue weighted by Crippen LogP contribution is 2.60. The summed E-state index contributed by atoms with van der Waals surface area (Å²) < 4.78 is 157. The van der Waals surface area contributed by atoms with E-state index in [4.69, 9.17) is 101 Å². The van der Waals surface area contributed by atoms with E-state index in [1.54, 1.807) is 18.4 Å². The number of H-pyrrole nitrogens is 1. The van der Waals surface area contributed by atoms with Gasteiger partial charge in [0, 0.05) is 63.7 Å². The van der Waals surface area contributed by atoms with Crippen molar-refractivity contribution in [2.45, 2.75) is 158 Å². The van der Waals surface area contributed by atoms with Crippen molar-refractivity contribution in [1.29, 1.82) is 0 Å². The average Bonchev–Trinajstić information content (AvgIpc) is 1.62. The summed E-state index contributed by atoms with van der Waals surface area (Å²) in [5.41, 5.74) is 15.8.